The average Bonchev–Trinajstić information content (AvgIpc) is 2.79. The van der Waals surface area contributed by atoms with Crippen LogP contribution in [-0.4, -0.2) is 46.7 Å². The molecule has 0 saturated carbocycles. The van der Waals surface area contributed by atoms with Crippen LogP contribution in [0.3, 0.4) is 0 Å². The lowest BCUT2D eigenvalue weighted by atomic mass is 10.2. The highest BCUT2D eigenvalue weighted by Gasteiger charge is 2.39. The van der Waals surface area contributed by atoms with Crippen LogP contribution in [0, 0.1) is 0 Å². The molecule has 0 fully saturated rings. The highest BCUT2D eigenvalue weighted by molar-refractivity contribution is 6.33. The molecule has 0 spiro atoms. The fourth-order valence-electron chi connectivity index (χ4n) is 2.20. The zero-order valence-electron chi connectivity index (χ0n) is 12.0. The molecule has 1 aliphatic heterocycles. The molecule has 0 saturated heterocycles. The van der Waals surface area contributed by atoms with Gasteiger partial charge in [-0.1, -0.05) is 0 Å². The van der Waals surface area contributed by atoms with Crippen LogP contribution in [0.2, 0.25) is 0 Å². The summed E-state index contributed by atoms with van der Waals surface area (Å²) in [5.74, 6) is -1.18. The van der Waals surface area contributed by atoms with Gasteiger partial charge in [-0.2, -0.15) is 0 Å². The Morgan fingerprint density at radius 2 is 1.45 bits per heavy atom. The molecule has 0 radical (unpaired) electrons. The van der Waals surface area contributed by atoms with Crippen molar-refractivity contribution in [3.05, 3.63) is 53.6 Å². The van der Waals surface area contributed by atoms with E-state index in [1.165, 1.54) is 17.3 Å². The van der Waals surface area contributed by atoms with Gasteiger partial charge in [0.05, 0.1) is 5.69 Å². The van der Waals surface area contributed by atoms with Crippen LogP contribution in [0.25, 0.3) is 0 Å². The maximum atomic E-state index is 12.3. The maximum Gasteiger partial charge on any atom is 0.286 e. The van der Waals surface area contributed by atoms with Gasteiger partial charge >= 0.3 is 0 Å². The lowest BCUT2D eigenvalue weighted by Crippen LogP contribution is -2.29. The summed E-state index contributed by atoms with van der Waals surface area (Å²) in [5, 5.41) is 0. The van der Waals surface area contributed by atoms with Gasteiger partial charge in [0.2, 0.25) is 0 Å². The number of aromatic nitrogens is 2. The van der Waals surface area contributed by atoms with Crippen molar-refractivity contribution in [3.8, 4) is 0 Å². The summed E-state index contributed by atoms with van der Waals surface area (Å²) < 4.78 is 0. The Bertz CT molecular complexity index is 749. The van der Waals surface area contributed by atoms with Crippen molar-refractivity contribution in [2.24, 2.45) is 0 Å². The van der Waals surface area contributed by atoms with Crippen LogP contribution < -0.4 is 4.90 Å². The van der Waals surface area contributed by atoms with Gasteiger partial charge in [0.15, 0.2) is 11.4 Å². The second-order valence-corrected chi connectivity index (χ2v) is 4.95. The molecule has 22 heavy (non-hydrogen) atoms. The molecule has 3 rings (SSSR count). The third-order valence-electron chi connectivity index (χ3n) is 3.29. The Kier molecular flexibility index (Phi) is 3.17. The molecule has 2 heterocycles. The lowest BCUT2D eigenvalue weighted by Gasteiger charge is -2.14. The molecular weight excluding hydrogens is 284 g/mol. The molecule has 0 atom stereocenters. The Morgan fingerprint density at radius 1 is 0.955 bits per heavy atom. The molecule has 1 aromatic carbocycles. The van der Waals surface area contributed by atoms with Crippen LogP contribution in [0.1, 0.15) is 31.3 Å². The first kappa shape index (κ1) is 13.9. The van der Waals surface area contributed by atoms with Gasteiger partial charge in [0.1, 0.15) is 0 Å². The quantitative estimate of drug-likeness (QED) is 0.771. The molecule has 0 bridgehead atoms. The molecule has 1 aromatic heterocycles. The monoisotopic (exact) mass is 296 g/mol. The third kappa shape index (κ3) is 2.03. The van der Waals surface area contributed by atoms with Crippen LogP contribution in [-0.2, 0) is 0 Å². The highest BCUT2D eigenvalue weighted by Crippen LogP contribution is 2.26. The molecule has 3 amide bonds. The first-order valence-electron chi connectivity index (χ1n) is 6.52. The summed E-state index contributed by atoms with van der Waals surface area (Å²) in [5.41, 5.74) is 0.939. The normalized spacial score (nSPS) is 13.3. The van der Waals surface area contributed by atoms with Crippen molar-refractivity contribution in [2.75, 3.05) is 19.0 Å². The predicted molar refractivity (Wildman–Crippen MR) is 77.6 cm³/mol. The Morgan fingerprint density at radius 3 is 1.91 bits per heavy atom. The lowest BCUT2D eigenvalue weighted by molar-refractivity contribution is 0.0827. The number of rotatable bonds is 2. The van der Waals surface area contributed by atoms with E-state index >= 15 is 0 Å². The number of carbonyl (C=O) groups is 3. The van der Waals surface area contributed by atoms with Crippen LogP contribution in [0.5, 0.6) is 0 Å². The van der Waals surface area contributed by atoms with Crippen LogP contribution in [0.15, 0.2) is 36.7 Å². The molecule has 0 N–H and O–H groups in total. The van der Waals surface area contributed by atoms with Gasteiger partial charge in [0, 0.05) is 32.1 Å². The summed E-state index contributed by atoms with van der Waals surface area (Å²) in [6, 6.07) is 6.25. The van der Waals surface area contributed by atoms with E-state index in [2.05, 4.69) is 9.97 Å². The second-order valence-electron chi connectivity index (χ2n) is 4.95. The SMILES string of the molecule is CN(C)C(=O)c1ccc(N2C(=O)c3nccnc3C2=O)cc1. The molecule has 2 aromatic rings. The Hall–Kier alpha value is -3.09. The standard InChI is InChI=1S/C15H12N4O3/c1-18(2)13(20)9-3-5-10(6-4-9)19-14(21)11-12(15(19)22)17-8-7-16-11/h3-8H,1-2H3. The number of benzene rings is 1. The number of hydrogen-bond donors (Lipinski definition) is 0. The highest BCUT2D eigenvalue weighted by atomic mass is 16.2. The maximum absolute atomic E-state index is 12.3. The molecule has 7 nitrogen and oxygen atoms in total. The minimum atomic E-state index is -0.514. The van der Waals surface area contributed by atoms with Crippen LogP contribution >= 0.6 is 0 Å². The molecule has 1 aliphatic rings. The minimum Gasteiger partial charge on any atom is -0.345 e. The topological polar surface area (TPSA) is 83.5 Å². The summed E-state index contributed by atoms with van der Waals surface area (Å²) in [7, 11) is 3.30. The first-order chi connectivity index (χ1) is 10.5. The first-order valence-corrected chi connectivity index (χ1v) is 6.52. The number of anilines is 1. The number of imide groups is 1. The van der Waals surface area contributed by atoms with Gasteiger partial charge in [-0.25, -0.2) is 14.9 Å². The summed E-state index contributed by atoms with van der Waals surface area (Å²) in [6.07, 6.45) is 2.73. The number of fused-ring (bicyclic) bond motifs is 1. The molecule has 7 heteroatoms. The fourth-order valence-corrected chi connectivity index (χ4v) is 2.20. The summed E-state index contributed by atoms with van der Waals surface area (Å²) in [4.78, 5) is 46.6. The van der Waals surface area contributed by atoms with E-state index in [1.54, 1.807) is 38.4 Å². The Labute approximate surface area is 126 Å². The van der Waals surface area contributed by atoms with Crippen molar-refractivity contribution < 1.29 is 14.4 Å². The molecular formula is C15H12N4O3. The van der Waals surface area contributed by atoms with Gasteiger partial charge in [0.25, 0.3) is 17.7 Å². The summed E-state index contributed by atoms with van der Waals surface area (Å²) in [6.45, 7) is 0. The van der Waals surface area contributed by atoms with Crippen LogP contribution in [0.4, 0.5) is 5.69 Å². The number of nitrogens with zero attached hydrogens (tertiary/aromatic N) is 4. The van der Waals surface area contributed by atoms with Crippen molar-refractivity contribution in [3.63, 3.8) is 0 Å². The van der Waals surface area contributed by atoms with Crippen molar-refractivity contribution in [1.82, 2.24) is 14.9 Å². The molecule has 0 aliphatic carbocycles. The average molecular weight is 296 g/mol. The minimum absolute atomic E-state index is 0.0425. The number of carbonyl (C=O) groups excluding carboxylic acids is 3. The molecule has 0 unspecified atom stereocenters. The zero-order chi connectivity index (χ0) is 15.9. The van der Waals surface area contributed by atoms with E-state index in [-0.39, 0.29) is 17.3 Å². The van der Waals surface area contributed by atoms with Gasteiger partial charge in [-0.15, -0.1) is 0 Å². The number of amides is 3. The van der Waals surface area contributed by atoms with E-state index < -0.39 is 11.8 Å². The predicted octanol–water partition coefficient (Wildman–Crippen LogP) is 0.979. The third-order valence-corrected chi connectivity index (χ3v) is 3.29. The van der Waals surface area contributed by atoms with Gasteiger partial charge in [-0.05, 0) is 24.3 Å². The summed E-state index contributed by atoms with van der Waals surface area (Å²) >= 11 is 0. The fraction of sp³-hybridized carbons (Fsp3) is 0.133. The van der Waals surface area contributed by atoms with Crippen molar-refractivity contribution in [2.45, 2.75) is 0 Å². The van der Waals surface area contributed by atoms with Gasteiger partial charge in [-0.3, -0.25) is 14.4 Å². The zero-order valence-corrected chi connectivity index (χ0v) is 12.0. The van der Waals surface area contributed by atoms with E-state index in [1.807, 2.05) is 0 Å². The van der Waals surface area contributed by atoms with E-state index in [0.717, 1.165) is 4.90 Å². The smallest absolute Gasteiger partial charge is 0.286 e. The van der Waals surface area contributed by atoms with E-state index in [4.69, 9.17) is 0 Å². The number of hydrogen-bond acceptors (Lipinski definition) is 5. The van der Waals surface area contributed by atoms with E-state index in [0.29, 0.717) is 11.3 Å². The van der Waals surface area contributed by atoms with Crippen molar-refractivity contribution in [1.29, 1.82) is 0 Å². The van der Waals surface area contributed by atoms with Gasteiger partial charge < -0.3 is 4.90 Å². The van der Waals surface area contributed by atoms with Crippen molar-refractivity contribution >= 4 is 23.4 Å². The largest absolute Gasteiger partial charge is 0.345 e. The Balaban J connectivity index is 1.95. The van der Waals surface area contributed by atoms with E-state index in [9.17, 15) is 14.4 Å². The second kappa shape index (κ2) is 5.03. The molecule has 110 valence electrons.